The van der Waals surface area contributed by atoms with Crippen LogP contribution in [-0.4, -0.2) is 42.5 Å². The van der Waals surface area contributed by atoms with Gasteiger partial charge >= 0.3 is 0 Å². The fourth-order valence-electron chi connectivity index (χ4n) is 4.63. The molecule has 1 saturated heterocycles. The van der Waals surface area contributed by atoms with Crippen molar-refractivity contribution < 1.29 is 0 Å². The lowest BCUT2D eigenvalue weighted by Crippen LogP contribution is -2.47. The molecule has 2 aliphatic carbocycles. The monoisotopic (exact) mass is 296 g/mol. The molecule has 2 nitrogen and oxygen atoms in total. The Morgan fingerprint density at radius 1 is 1.00 bits per heavy atom. The van der Waals surface area contributed by atoms with E-state index in [1.807, 2.05) is 0 Å². The van der Waals surface area contributed by atoms with Crippen LogP contribution >= 0.6 is 0 Å². The van der Waals surface area contributed by atoms with E-state index in [4.69, 9.17) is 0 Å². The zero-order chi connectivity index (χ0) is 14.9. The Kier molecular flexibility index (Phi) is 4.06. The Hall–Kier alpha value is -1.12. The standard InChI is InChI=1S/C20H28N2/c1-16-3-2-4-18(11-16)14-21-7-9-22(10-8-21)15-20-13-17-5-6-19(20)12-17/h2-6,11,17,19-20H,7-10,12-15H2,1H3/t17-,19+,20-/m1/s1. The highest BCUT2D eigenvalue weighted by Crippen LogP contribution is 2.43. The van der Waals surface area contributed by atoms with E-state index in [0.29, 0.717) is 0 Å². The van der Waals surface area contributed by atoms with Gasteiger partial charge in [0.15, 0.2) is 0 Å². The fourth-order valence-corrected chi connectivity index (χ4v) is 4.63. The van der Waals surface area contributed by atoms with Gasteiger partial charge in [-0.25, -0.2) is 0 Å². The van der Waals surface area contributed by atoms with E-state index in [0.717, 1.165) is 24.3 Å². The van der Waals surface area contributed by atoms with Crippen molar-refractivity contribution in [1.82, 2.24) is 9.80 Å². The molecule has 0 aromatic heterocycles. The molecule has 2 heteroatoms. The summed E-state index contributed by atoms with van der Waals surface area (Å²) in [5.74, 6) is 2.76. The molecule has 2 bridgehead atoms. The molecular formula is C20H28N2. The topological polar surface area (TPSA) is 6.48 Å². The normalized spacial score (nSPS) is 32.0. The number of hydrogen-bond acceptors (Lipinski definition) is 2. The van der Waals surface area contributed by atoms with Gasteiger partial charge in [-0.1, -0.05) is 42.0 Å². The van der Waals surface area contributed by atoms with Gasteiger partial charge in [-0.15, -0.1) is 0 Å². The zero-order valence-corrected chi connectivity index (χ0v) is 13.7. The number of aryl methyl sites for hydroxylation is 1. The second kappa shape index (κ2) is 6.17. The number of benzene rings is 1. The van der Waals surface area contributed by atoms with E-state index in [1.54, 1.807) is 0 Å². The van der Waals surface area contributed by atoms with Crippen molar-refractivity contribution in [3.63, 3.8) is 0 Å². The summed E-state index contributed by atoms with van der Waals surface area (Å²) in [5.41, 5.74) is 2.84. The van der Waals surface area contributed by atoms with Gasteiger partial charge in [-0.05, 0) is 43.1 Å². The van der Waals surface area contributed by atoms with E-state index in [2.05, 4.69) is 53.1 Å². The van der Waals surface area contributed by atoms with Gasteiger partial charge in [0.1, 0.15) is 0 Å². The fraction of sp³-hybridized carbons (Fsp3) is 0.600. The smallest absolute Gasteiger partial charge is 0.0234 e. The van der Waals surface area contributed by atoms with Crippen molar-refractivity contribution in [2.45, 2.75) is 26.3 Å². The van der Waals surface area contributed by atoms with Gasteiger partial charge in [0.2, 0.25) is 0 Å². The van der Waals surface area contributed by atoms with Crippen LogP contribution in [0.3, 0.4) is 0 Å². The third-order valence-corrected chi connectivity index (χ3v) is 5.86. The lowest BCUT2D eigenvalue weighted by Gasteiger charge is -2.37. The molecule has 22 heavy (non-hydrogen) atoms. The van der Waals surface area contributed by atoms with Gasteiger partial charge in [-0.3, -0.25) is 4.90 Å². The Morgan fingerprint density at radius 3 is 2.50 bits per heavy atom. The van der Waals surface area contributed by atoms with Crippen molar-refractivity contribution in [2.24, 2.45) is 17.8 Å². The quantitative estimate of drug-likeness (QED) is 0.786. The Morgan fingerprint density at radius 2 is 1.82 bits per heavy atom. The minimum absolute atomic E-state index is 0.898. The molecule has 1 aliphatic heterocycles. The first-order valence-electron chi connectivity index (χ1n) is 8.95. The van der Waals surface area contributed by atoms with E-state index >= 15 is 0 Å². The molecule has 0 radical (unpaired) electrons. The molecule has 0 unspecified atom stereocenters. The maximum absolute atomic E-state index is 2.71. The minimum atomic E-state index is 0.898. The summed E-state index contributed by atoms with van der Waals surface area (Å²) < 4.78 is 0. The van der Waals surface area contributed by atoms with Gasteiger partial charge in [-0.2, -0.15) is 0 Å². The van der Waals surface area contributed by atoms with Crippen LogP contribution in [0.1, 0.15) is 24.0 Å². The molecule has 1 saturated carbocycles. The molecule has 0 spiro atoms. The summed E-state index contributed by atoms with van der Waals surface area (Å²) in [7, 11) is 0. The molecule has 1 aromatic carbocycles. The molecular weight excluding hydrogens is 268 g/mol. The van der Waals surface area contributed by atoms with Gasteiger partial charge in [0.25, 0.3) is 0 Å². The Balaban J connectivity index is 1.25. The summed E-state index contributed by atoms with van der Waals surface area (Å²) in [6.07, 6.45) is 7.84. The SMILES string of the molecule is Cc1cccc(CN2CCN(C[C@H]3C[C@@H]4C=C[C@H]3C4)CC2)c1. The summed E-state index contributed by atoms with van der Waals surface area (Å²) in [6, 6.07) is 8.96. The van der Waals surface area contributed by atoms with Crippen LogP contribution in [0.15, 0.2) is 36.4 Å². The lowest BCUT2D eigenvalue weighted by molar-refractivity contribution is 0.108. The highest BCUT2D eigenvalue weighted by Gasteiger charge is 2.36. The molecule has 1 aromatic rings. The summed E-state index contributed by atoms with van der Waals surface area (Å²) in [5, 5.41) is 0. The number of piperazine rings is 1. The second-order valence-corrected chi connectivity index (χ2v) is 7.61. The molecule has 118 valence electrons. The Labute approximate surface area is 134 Å². The van der Waals surface area contributed by atoms with Crippen molar-refractivity contribution in [3.05, 3.63) is 47.5 Å². The first-order valence-corrected chi connectivity index (χ1v) is 8.95. The highest BCUT2D eigenvalue weighted by atomic mass is 15.3. The number of hydrogen-bond donors (Lipinski definition) is 0. The molecule has 4 rings (SSSR count). The number of allylic oxidation sites excluding steroid dienone is 2. The molecule has 3 atom stereocenters. The van der Waals surface area contributed by atoms with Gasteiger partial charge in [0.05, 0.1) is 0 Å². The largest absolute Gasteiger partial charge is 0.300 e. The van der Waals surface area contributed by atoms with Crippen molar-refractivity contribution >= 4 is 0 Å². The molecule has 0 N–H and O–H groups in total. The van der Waals surface area contributed by atoms with Crippen LogP contribution in [-0.2, 0) is 6.54 Å². The van der Waals surface area contributed by atoms with Gasteiger partial charge < -0.3 is 4.90 Å². The molecule has 3 aliphatic rings. The first kappa shape index (κ1) is 14.5. The zero-order valence-electron chi connectivity index (χ0n) is 13.7. The van der Waals surface area contributed by atoms with Crippen molar-refractivity contribution in [3.8, 4) is 0 Å². The highest BCUT2D eigenvalue weighted by molar-refractivity contribution is 5.22. The predicted octanol–water partition coefficient (Wildman–Crippen LogP) is 3.32. The third kappa shape index (κ3) is 3.13. The molecule has 2 fully saturated rings. The van der Waals surface area contributed by atoms with Crippen LogP contribution in [0.2, 0.25) is 0 Å². The number of rotatable bonds is 4. The Bertz CT molecular complexity index is 542. The summed E-state index contributed by atoms with van der Waals surface area (Å²) in [4.78, 5) is 5.33. The predicted molar refractivity (Wildman–Crippen MR) is 91.7 cm³/mol. The average molecular weight is 296 g/mol. The minimum Gasteiger partial charge on any atom is -0.300 e. The van der Waals surface area contributed by atoms with E-state index in [9.17, 15) is 0 Å². The van der Waals surface area contributed by atoms with E-state index in [1.165, 1.54) is 56.7 Å². The number of nitrogens with zero attached hydrogens (tertiary/aromatic N) is 2. The van der Waals surface area contributed by atoms with Crippen LogP contribution in [0.4, 0.5) is 0 Å². The number of fused-ring (bicyclic) bond motifs is 2. The van der Waals surface area contributed by atoms with Gasteiger partial charge in [0, 0.05) is 39.3 Å². The van der Waals surface area contributed by atoms with Crippen LogP contribution < -0.4 is 0 Å². The average Bonchev–Trinajstić information content (AvgIpc) is 3.12. The maximum Gasteiger partial charge on any atom is 0.0234 e. The summed E-state index contributed by atoms with van der Waals surface area (Å²) in [6.45, 7) is 9.60. The first-order chi connectivity index (χ1) is 10.8. The van der Waals surface area contributed by atoms with Crippen molar-refractivity contribution in [2.75, 3.05) is 32.7 Å². The van der Waals surface area contributed by atoms with E-state index < -0.39 is 0 Å². The van der Waals surface area contributed by atoms with E-state index in [-0.39, 0.29) is 0 Å². The van der Waals surface area contributed by atoms with Crippen LogP contribution in [0.25, 0.3) is 0 Å². The molecule has 1 heterocycles. The third-order valence-electron chi connectivity index (χ3n) is 5.86. The van der Waals surface area contributed by atoms with Crippen molar-refractivity contribution in [1.29, 1.82) is 0 Å². The van der Waals surface area contributed by atoms with Crippen LogP contribution in [0, 0.1) is 24.7 Å². The summed E-state index contributed by atoms with van der Waals surface area (Å²) >= 11 is 0. The van der Waals surface area contributed by atoms with Crippen LogP contribution in [0.5, 0.6) is 0 Å². The lowest BCUT2D eigenvalue weighted by atomic mass is 9.93. The second-order valence-electron chi connectivity index (χ2n) is 7.61. The maximum atomic E-state index is 2.71. The molecule has 0 amide bonds.